The van der Waals surface area contributed by atoms with Crippen molar-refractivity contribution in [2.75, 3.05) is 11.9 Å². The van der Waals surface area contributed by atoms with E-state index in [2.05, 4.69) is 5.32 Å². The van der Waals surface area contributed by atoms with Crippen LogP contribution in [0.15, 0.2) is 54.6 Å². The molecule has 1 fully saturated rings. The van der Waals surface area contributed by atoms with Crippen molar-refractivity contribution in [2.24, 2.45) is 0 Å². The minimum atomic E-state index is -0.777. The Hall–Kier alpha value is -2.95. The number of amides is 3. The second kappa shape index (κ2) is 5.84. The Balaban J connectivity index is 1.54. The number of anilines is 1. The van der Waals surface area contributed by atoms with Gasteiger partial charge in [0.2, 0.25) is 17.7 Å². The maximum Gasteiger partial charge on any atom is 0.244 e. The first-order valence-electron chi connectivity index (χ1n) is 8.38. The molecule has 0 aromatic heterocycles. The molecule has 2 aromatic rings. The highest BCUT2D eigenvalue weighted by Crippen LogP contribution is 2.46. The molecule has 1 aliphatic heterocycles. The second-order valence-corrected chi connectivity index (χ2v) is 6.62. The van der Waals surface area contributed by atoms with Gasteiger partial charge in [-0.3, -0.25) is 19.3 Å². The molecule has 0 saturated carbocycles. The van der Waals surface area contributed by atoms with Gasteiger partial charge in [0.1, 0.15) is 6.54 Å². The minimum Gasteiger partial charge on any atom is -0.325 e. The Bertz CT molecular complexity index is 862. The number of hydrogen-bond donors (Lipinski definition) is 1. The highest BCUT2D eigenvalue weighted by atomic mass is 16.2. The molecule has 1 saturated heterocycles. The molecule has 0 bridgehead atoms. The quantitative estimate of drug-likeness (QED) is 0.876. The molecule has 5 nitrogen and oxygen atoms in total. The fraction of sp³-hybridized carbons (Fsp3) is 0.250. The average Bonchev–Trinajstić information content (AvgIpc) is 3.10. The minimum absolute atomic E-state index is 0.154. The molecule has 1 N–H and O–H groups in total. The highest BCUT2D eigenvalue weighted by Gasteiger charge is 2.55. The first kappa shape index (κ1) is 15.6. The number of nitrogens with one attached hydrogen (secondary N) is 1. The van der Waals surface area contributed by atoms with Crippen molar-refractivity contribution in [3.63, 3.8) is 0 Å². The summed E-state index contributed by atoms with van der Waals surface area (Å²) in [4.78, 5) is 38.8. The van der Waals surface area contributed by atoms with E-state index in [-0.39, 0.29) is 30.7 Å². The number of benzene rings is 2. The van der Waals surface area contributed by atoms with Gasteiger partial charge in [-0.1, -0.05) is 42.5 Å². The smallest absolute Gasteiger partial charge is 0.244 e. The molecule has 5 heteroatoms. The van der Waals surface area contributed by atoms with Crippen LogP contribution in [0.1, 0.15) is 24.0 Å². The van der Waals surface area contributed by atoms with Crippen LogP contribution in [-0.2, 0) is 26.2 Å². The Kier molecular flexibility index (Phi) is 3.64. The van der Waals surface area contributed by atoms with Crippen LogP contribution >= 0.6 is 0 Å². The zero-order valence-corrected chi connectivity index (χ0v) is 13.7. The van der Waals surface area contributed by atoms with Crippen LogP contribution < -0.4 is 5.32 Å². The monoisotopic (exact) mass is 334 g/mol. The third-order valence-electron chi connectivity index (χ3n) is 5.12. The Labute approximate surface area is 145 Å². The lowest BCUT2D eigenvalue weighted by atomic mass is 9.80. The van der Waals surface area contributed by atoms with Crippen LogP contribution in [-0.4, -0.2) is 29.2 Å². The molecule has 1 atom stereocenters. The summed E-state index contributed by atoms with van der Waals surface area (Å²) in [6, 6.07) is 16.8. The number of aryl methyl sites for hydroxylation is 1. The summed E-state index contributed by atoms with van der Waals surface area (Å²) in [5, 5.41) is 2.72. The molecule has 1 aliphatic carbocycles. The molecule has 2 aliphatic rings. The standard InChI is InChI=1S/C20H18N2O3/c23-17(21-15-7-2-1-3-8-15)13-22-18(24)12-20(19(22)25)11-10-14-6-4-5-9-16(14)20/h1-9H,10-13H2,(H,21,23). The van der Waals surface area contributed by atoms with Crippen LogP contribution in [0.3, 0.4) is 0 Å². The Morgan fingerprint density at radius 1 is 1.04 bits per heavy atom. The lowest BCUT2D eigenvalue weighted by molar-refractivity contribution is -0.142. The number of nitrogens with zero attached hydrogens (tertiary/aromatic N) is 1. The molecule has 1 spiro atoms. The summed E-state index contributed by atoms with van der Waals surface area (Å²) in [5.74, 6) is -0.883. The van der Waals surface area contributed by atoms with Gasteiger partial charge in [0.05, 0.1) is 5.41 Å². The molecular formula is C20H18N2O3. The van der Waals surface area contributed by atoms with E-state index in [1.807, 2.05) is 42.5 Å². The van der Waals surface area contributed by atoms with Crippen molar-refractivity contribution in [3.05, 3.63) is 65.7 Å². The molecule has 4 rings (SSSR count). The molecule has 3 amide bonds. The Morgan fingerprint density at radius 2 is 1.76 bits per heavy atom. The van der Waals surface area contributed by atoms with Gasteiger partial charge < -0.3 is 5.32 Å². The molecule has 25 heavy (non-hydrogen) atoms. The molecule has 2 aromatic carbocycles. The zero-order valence-electron chi connectivity index (χ0n) is 13.7. The van der Waals surface area contributed by atoms with Crippen molar-refractivity contribution >= 4 is 23.4 Å². The van der Waals surface area contributed by atoms with Crippen molar-refractivity contribution < 1.29 is 14.4 Å². The van der Waals surface area contributed by atoms with E-state index < -0.39 is 5.41 Å². The van der Waals surface area contributed by atoms with E-state index in [1.165, 1.54) is 0 Å². The Morgan fingerprint density at radius 3 is 2.56 bits per heavy atom. The van der Waals surface area contributed by atoms with Gasteiger partial charge in [-0.05, 0) is 36.1 Å². The predicted octanol–water partition coefficient (Wildman–Crippen LogP) is 2.27. The van der Waals surface area contributed by atoms with Crippen LogP contribution in [0.2, 0.25) is 0 Å². The number of likely N-dealkylation sites (tertiary alicyclic amines) is 1. The molecule has 1 unspecified atom stereocenters. The van der Waals surface area contributed by atoms with E-state index in [9.17, 15) is 14.4 Å². The summed E-state index contributed by atoms with van der Waals surface area (Å²) >= 11 is 0. The van der Waals surface area contributed by atoms with Crippen LogP contribution in [0.25, 0.3) is 0 Å². The fourth-order valence-electron chi connectivity index (χ4n) is 3.92. The SMILES string of the molecule is O=C(CN1C(=O)CC2(CCc3ccccc32)C1=O)Nc1ccccc1. The van der Waals surface area contributed by atoms with Gasteiger partial charge in [0.25, 0.3) is 0 Å². The van der Waals surface area contributed by atoms with Gasteiger partial charge in [0, 0.05) is 12.1 Å². The van der Waals surface area contributed by atoms with Gasteiger partial charge in [-0.2, -0.15) is 0 Å². The maximum absolute atomic E-state index is 13.0. The van der Waals surface area contributed by atoms with Gasteiger partial charge in [-0.15, -0.1) is 0 Å². The van der Waals surface area contributed by atoms with Crippen molar-refractivity contribution in [1.29, 1.82) is 0 Å². The highest BCUT2D eigenvalue weighted by molar-refractivity contribution is 6.12. The number of imide groups is 1. The summed E-state index contributed by atoms with van der Waals surface area (Å²) < 4.78 is 0. The summed E-state index contributed by atoms with van der Waals surface area (Å²) in [6.07, 6.45) is 1.58. The lowest BCUT2D eigenvalue weighted by Crippen LogP contribution is -2.41. The fourth-order valence-corrected chi connectivity index (χ4v) is 3.92. The molecule has 1 heterocycles. The number of carbonyl (C=O) groups is 3. The molecular weight excluding hydrogens is 316 g/mol. The first-order valence-corrected chi connectivity index (χ1v) is 8.38. The molecule has 0 radical (unpaired) electrons. The number of para-hydroxylation sites is 1. The van der Waals surface area contributed by atoms with Crippen molar-refractivity contribution in [1.82, 2.24) is 4.90 Å². The van der Waals surface area contributed by atoms with Crippen molar-refractivity contribution in [2.45, 2.75) is 24.7 Å². The van der Waals surface area contributed by atoms with E-state index in [0.717, 1.165) is 22.4 Å². The van der Waals surface area contributed by atoms with E-state index in [1.54, 1.807) is 12.1 Å². The number of carbonyl (C=O) groups excluding carboxylic acids is 3. The van der Waals surface area contributed by atoms with E-state index in [4.69, 9.17) is 0 Å². The average molecular weight is 334 g/mol. The van der Waals surface area contributed by atoms with Crippen molar-refractivity contribution in [3.8, 4) is 0 Å². The number of hydrogen-bond acceptors (Lipinski definition) is 3. The maximum atomic E-state index is 13.0. The topological polar surface area (TPSA) is 66.5 Å². The first-order chi connectivity index (χ1) is 12.1. The third-order valence-corrected chi connectivity index (χ3v) is 5.12. The second-order valence-electron chi connectivity index (χ2n) is 6.62. The van der Waals surface area contributed by atoms with Gasteiger partial charge in [-0.25, -0.2) is 0 Å². The van der Waals surface area contributed by atoms with Crippen LogP contribution in [0.5, 0.6) is 0 Å². The predicted molar refractivity (Wildman–Crippen MR) is 92.8 cm³/mol. The zero-order chi connectivity index (χ0) is 17.4. The summed E-state index contributed by atoms with van der Waals surface area (Å²) in [7, 11) is 0. The van der Waals surface area contributed by atoms with Crippen LogP contribution in [0.4, 0.5) is 5.69 Å². The summed E-state index contributed by atoms with van der Waals surface area (Å²) in [5.41, 5.74) is 1.94. The van der Waals surface area contributed by atoms with Crippen LogP contribution in [0, 0.1) is 0 Å². The normalized spacial score (nSPS) is 21.7. The van der Waals surface area contributed by atoms with Gasteiger partial charge in [0.15, 0.2) is 0 Å². The molecule has 126 valence electrons. The largest absolute Gasteiger partial charge is 0.325 e. The number of fused-ring (bicyclic) bond motifs is 2. The third kappa shape index (κ3) is 2.52. The van der Waals surface area contributed by atoms with Gasteiger partial charge >= 0.3 is 0 Å². The van der Waals surface area contributed by atoms with E-state index in [0.29, 0.717) is 12.1 Å². The van der Waals surface area contributed by atoms with E-state index >= 15 is 0 Å². The summed E-state index contributed by atoms with van der Waals surface area (Å²) in [6.45, 7) is -0.240. The number of rotatable bonds is 3. The lowest BCUT2D eigenvalue weighted by Gasteiger charge is -2.22.